The zero-order valence-electron chi connectivity index (χ0n) is 25.3. The van der Waals surface area contributed by atoms with Gasteiger partial charge in [-0.05, 0) is 37.2 Å². The van der Waals surface area contributed by atoms with Crippen LogP contribution >= 0.6 is 0 Å². The van der Waals surface area contributed by atoms with Crippen LogP contribution in [0.3, 0.4) is 0 Å². The number of guanidine groups is 1. The fraction of sp³-hybridized carbons (Fsp3) is 0.969. The summed E-state index contributed by atoms with van der Waals surface area (Å²) in [6, 6.07) is 0. The van der Waals surface area contributed by atoms with E-state index in [1.807, 2.05) is 0 Å². The molecule has 0 heterocycles. The summed E-state index contributed by atoms with van der Waals surface area (Å²) in [4.78, 5) is 0. The lowest BCUT2D eigenvalue weighted by Crippen LogP contribution is -2.48. The van der Waals surface area contributed by atoms with Crippen LogP contribution in [0.15, 0.2) is 5.10 Å². The van der Waals surface area contributed by atoms with Crippen molar-refractivity contribution in [1.29, 1.82) is 0 Å². The van der Waals surface area contributed by atoms with Gasteiger partial charge in [0, 0.05) is 0 Å². The average Bonchev–Trinajstić information content (AvgIpc) is 2.85. The van der Waals surface area contributed by atoms with Crippen molar-refractivity contribution in [3.63, 3.8) is 0 Å². The first-order chi connectivity index (χ1) is 17.6. The Bertz CT molecular complexity index is 431. The molecule has 0 aliphatic heterocycles. The van der Waals surface area contributed by atoms with Gasteiger partial charge in [-0.1, -0.05) is 149 Å². The third-order valence-electron chi connectivity index (χ3n) is 7.82. The number of nitrogens with zero attached hydrogens (tertiary/aromatic N) is 2. The van der Waals surface area contributed by atoms with Crippen molar-refractivity contribution in [2.45, 2.75) is 181 Å². The van der Waals surface area contributed by atoms with Crippen molar-refractivity contribution in [1.82, 2.24) is 0 Å². The maximum atomic E-state index is 5.89. The van der Waals surface area contributed by atoms with E-state index in [0.29, 0.717) is 0 Å². The molecule has 0 rings (SSSR count). The summed E-state index contributed by atoms with van der Waals surface area (Å²) in [5.41, 5.74) is 11.8. The molecule has 4 nitrogen and oxygen atoms in total. The molecule has 4 heteroatoms. The first kappa shape index (κ1) is 35.2. The van der Waals surface area contributed by atoms with E-state index in [0.717, 1.165) is 30.6 Å². The number of rotatable bonds is 29. The lowest BCUT2D eigenvalue weighted by atomic mass is 10.0. The molecule has 216 valence electrons. The lowest BCUT2D eigenvalue weighted by molar-refractivity contribution is -0.935. The van der Waals surface area contributed by atoms with Gasteiger partial charge >= 0.3 is 0 Å². The third-order valence-corrected chi connectivity index (χ3v) is 7.82. The largest absolute Gasteiger partial charge is 0.366 e. The van der Waals surface area contributed by atoms with Gasteiger partial charge in [-0.2, -0.15) is 4.59 Å². The van der Waals surface area contributed by atoms with E-state index in [1.54, 1.807) is 0 Å². The molecule has 4 N–H and O–H groups in total. The average molecular weight is 510 g/mol. The molecule has 0 saturated heterocycles. The van der Waals surface area contributed by atoms with Gasteiger partial charge in [0.05, 0.1) is 0 Å². The van der Waals surface area contributed by atoms with E-state index >= 15 is 0 Å². The Morgan fingerprint density at radius 3 is 0.917 bits per heavy atom. The van der Waals surface area contributed by atoms with E-state index < -0.39 is 0 Å². The highest BCUT2D eigenvalue weighted by atomic mass is 15.6. The number of unbranched alkanes of at least 4 members (excludes halogenated alkanes) is 22. The van der Waals surface area contributed by atoms with Crippen LogP contribution in [0.1, 0.15) is 181 Å². The molecule has 0 radical (unpaired) electrons. The van der Waals surface area contributed by atoms with Crippen LogP contribution in [0.5, 0.6) is 0 Å². The van der Waals surface area contributed by atoms with Gasteiger partial charge < -0.3 is 11.5 Å². The minimum Gasteiger partial charge on any atom is -0.366 e. The van der Waals surface area contributed by atoms with Crippen molar-refractivity contribution < 1.29 is 4.59 Å². The first-order valence-electron chi connectivity index (χ1n) is 16.6. The van der Waals surface area contributed by atoms with E-state index in [-0.39, 0.29) is 5.96 Å². The Hall–Kier alpha value is -0.770. The first-order valence-corrected chi connectivity index (χ1v) is 16.6. The molecule has 0 aromatic carbocycles. The number of hydrogen-bond acceptors (Lipinski definition) is 1. The molecule has 0 atom stereocenters. The van der Waals surface area contributed by atoms with Gasteiger partial charge in [-0.25, -0.2) is 0 Å². The monoisotopic (exact) mass is 510 g/mol. The molecule has 0 fully saturated rings. The van der Waals surface area contributed by atoms with Crippen molar-refractivity contribution in [3.05, 3.63) is 0 Å². The summed E-state index contributed by atoms with van der Waals surface area (Å²) in [6.45, 7) is 10.1. The second kappa shape index (κ2) is 27.3. The third kappa shape index (κ3) is 23.6. The predicted molar refractivity (Wildman–Crippen MR) is 163 cm³/mol. The molecule has 0 aromatic heterocycles. The Kier molecular flexibility index (Phi) is 26.7. The molecular weight excluding hydrogens is 440 g/mol. The molecule has 0 aromatic rings. The van der Waals surface area contributed by atoms with Crippen LogP contribution in [0.2, 0.25) is 0 Å². The summed E-state index contributed by atoms with van der Waals surface area (Å²) in [6.07, 6.45) is 34.5. The quantitative estimate of drug-likeness (QED) is 0.0346. The summed E-state index contributed by atoms with van der Waals surface area (Å²) in [7, 11) is 0. The topological polar surface area (TPSA) is 64.4 Å². The Labute approximate surface area is 228 Å². The fourth-order valence-corrected chi connectivity index (χ4v) is 5.64. The molecule has 0 unspecified atom stereocenters. The summed E-state index contributed by atoms with van der Waals surface area (Å²) >= 11 is 0. The maximum Gasteiger partial charge on any atom is 0.244 e. The number of nitrogens with two attached hydrogens (primary N) is 2. The van der Waals surface area contributed by atoms with Crippen LogP contribution in [0.4, 0.5) is 0 Å². The zero-order valence-corrected chi connectivity index (χ0v) is 25.3. The Morgan fingerprint density at radius 2 is 0.667 bits per heavy atom. The van der Waals surface area contributed by atoms with Crippen molar-refractivity contribution in [2.24, 2.45) is 16.6 Å². The van der Waals surface area contributed by atoms with E-state index in [4.69, 9.17) is 16.6 Å². The van der Waals surface area contributed by atoms with Crippen LogP contribution in [-0.2, 0) is 0 Å². The fourth-order valence-electron chi connectivity index (χ4n) is 5.64. The van der Waals surface area contributed by atoms with Crippen molar-refractivity contribution in [2.75, 3.05) is 19.6 Å². The highest BCUT2D eigenvalue weighted by Crippen LogP contribution is 2.19. The van der Waals surface area contributed by atoms with Crippen molar-refractivity contribution >= 4 is 5.96 Å². The van der Waals surface area contributed by atoms with E-state index in [1.165, 1.54) is 154 Å². The Morgan fingerprint density at radius 1 is 0.389 bits per heavy atom. The summed E-state index contributed by atoms with van der Waals surface area (Å²) in [5.74, 6) is 0.265. The molecular formula is C32H69N4+. The SMILES string of the molecule is CCCCCCCCCCCCCC[N+](CCC)(CCCCCCCCCCCCCC)N=C(N)N. The molecule has 36 heavy (non-hydrogen) atoms. The summed E-state index contributed by atoms with van der Waals surface area (Å²) in [5, 5.41) is 4.79. The van der Waals surface area contributed by atoms with Gasteiger partial charge in [0.15, 0.2) is 0 Å². The van der Waals surface area contributed by atoms with E-state index in [9.17, 15) is 0 Å². The smallest absolute Gasteiger partial charge is 0.244 e. The van der Waals surface area contributed by atoms with Gasteiger partial charge in [-0.15, -0.1) is 0 Å². The van der Waals surface area contributed by atoms with Gasteiger partial charge in [-0.3, -0.25) is 0 Å². The van der Waals surface area contributed by atoms with Gasteiger partial charge in [0.1, 0.15) is 19.6 Å². The van der Waals surface area contributed by atoms with Crippen LogP contribution < -0.4 is 11.5 Å². The van der Waals surface area contributed by atoms with Crippen LogP contribution in [0, 0.1) is 0 Å². The lowest BCUT2D eigenvalue weighted by Gasteiger charge is -2.32. The molecule has 0 amide bonds. The minimum atomic E-state index is 0.265. The van der Waals surface area contributed by atoms with Crippen LogP contribution in [0.25, 0.3) is 0 Å². The molecule has 0 aliphatic rings. The minimum absolute atomic E-state index is 0.265. The molecule has 0 bridgehead atoms. The number of hydrogen-bond donors (Lipinski definition) is 2. The standard InChI is InChI=1S/C32H69N4/c1-4-7-9-11-13-15-17-19-21-23-25-27-30-36(29-6-3,35-32(33)34)31-28-26-24-22-20-18-16-14-12-10-8-5-2/h4-31H2,1-3H3,(H4,33,34,35)/q+1. The highest BCUT2D eigenvalue weighted by molar-refractivity contribution is 5.74. The molecule has 0 aliphatic carbocycles. The predicted octanol–water partition coefficient (Wildman–Crippen LogP) is 9.80. The van der Waals surface area contributed by atoms with Crippen molar-refractivity contribution in [3.8, 4) is 0 Å². The highest BCUT2D eigenvalue weighted by Gasteiger charge is 2.26. The van der Waals surface area contributed by atoms with Gasteiger partial charge in [0.2, 0.25) is 5.96 Å². The normalized spacial score (nSPS) is 11.8. The second-order valence-corrected chi connectivity index (χ2v) is 11.6. The molecule has 0 spiro atoms. The second-order valence-electron chi connectivity index (χ2n) is 11.6. The Balaban J connectivity index is 4.01. The number of quaternary nitrogens is 1. The van der Waals surface area contributed by atoms with Gasteiger partial charge in [0.25, 0.3) is 0 Å². The zero-order chi connectivity index (χ0) is 26.6. The van der Waals surface area contributed by atoms with E-state index in [2.05, 4.69) is 20.8 Å². The van der Waals surface area contributed by atoms with Crippen LogP contribution in [-0.4, -0.2) is 30.2 Å². The maximum absolute atomic E-state index is 5.89. The molecule has 0 saturated carbocycles. The summed E-state index contributed by atoms with van der Waals surface area (Å²) < 4.78 is 0.758.